The predicted octanol–water partition coefficient (Wildman–Crippen LogP) is 1.05. The van der Waals surface area contributed by atoms with E-state index in [1.54, 1.807) is 11.9 Å². The molecule has 0 spiro atoms. The Labute approximate surface area is 155 Å². The second-order valence-electron chi connectivity index (χ2n) is 6.93. The van der Waals surface area contributed by atoms with Gasteiger partial charge in [-0.1, -0.05) is 6.07 Å². The number of carbonyl (C=O) groups is 2. The molecule has 8 heteroatoms. The van der Waals surface area contributed by atoms with Gasteiger partial charge in [-0.25, -0.2) is 13.1 Å². The van der Waals surface area contributed by atoms with E-state index in [9.17, 15) is 18.0 Å². The largest absolute Gasteiger partial charge is 0.344 e. The zero-order chi connectivity index (χ0) is 19.5. The molecular formula is C18H27N3O4S. The first-order valence-corrected chi connectivity index (χ1v) is 10.5. The van der Waals surface area contributed by atoms with Crippen LogP contribution in [0.3, 0.4) is 0 Å². The predicted molar refractivity (Wildman–Crippen MR) is 101 cm³/mol. The van der Waals surface area contributed by atoms with Crippen molar-refractivity contribution in [2.45, 2.75) is 26.7 Å². The highest BCUT2D eigenvalue weighted by atomic mass is 32.2. The van der Waals surface area contributed by atoms with Crippen LogP contribution in [0.2, 0.25) is 0 Å². The third-order valence-electron chi connectivity index (χ3n) is 4.75. The Morgan fingerprint density at radius 1 is 1.31 bits per heavy atom. The Morgan fingerprint density at radius 2 is 2.00 bits per heavy atom. The number of anilines is 1. The Hall–Kier alpha value is -1.93. The normalized spacial score (nSPS) is 18.1. The van der Waals surface area contributed by atoms with Crippen molar-refractivity contribution in [3.8, 4) is 0 Å². The molecule has 1 fully saturated rings. The summed E-state index contributed by atoms with van der Waals surface area (Å²) in [4.78, 5) is 28.2. The first-order valence-electron chi connectivity index (χ1n) is 8.65. The van der Waals surface area contributed by atoms with E-state index in [-0.39, 0.29) is 24.3 Å². The van der Waals surface area contributed by atoms with Gasteiger partial charge >= 0.3 is 0 Å². The van der Waals surface area contributed by atoms with Crippen molar-refractivity contribution in [3.63, 3.8) is 0 Å². The van der Waals surface area contributed by atoms with E-state index in [2.05, 4.69) is 4.72 Å². The second-order valence-corrected chi connectivity index (χ2v) is 8.77. The molecule has 1 saturated heterocycles. The molecule has 26 heavy (non-hydrogen) atoms. The van der Waals surface area contributed by atoms with Gasteiger partial charge in [0.2, 0.25) is 21.8 Å². The molecule has 1 N–H and O–H groups in total. The van der Waals surface area contributed by atoms with Crippen molar-refractivity contribution in [2.75, 3.05) is 37.8 Å². The van der Waals surface area contributed by atoms with Crippen molar-refractivity contribution < 1.29 is 18.0 Å². The minimum absolute atomic E-state index is 0.0266. The summed E-state index contributed by atoms with van der Waals surface area (Å²) in [5.41, 5.74) is 3.08. The van der Waals surface area contributed by atoms with Crippen molar-refractivity contribution in [3.05, 3.63) is 29.3 Å². The van der Waals surface area contributed by atoms with E-state index < -0.39 is 10.0 Å². The number of hydrogen-bond donors (Lipinski definition) is 1. The molecule has 0 bridgehead atoms. The summed E-state index contributed by atoms with van der Waals surface area (Å²) in [5, 5.41) is 0. The molecular weight excluding hydrogens is 354 g/mol. The first-order chi connectivity index (χ1) is 12.1. The van der Waals surface area contributed by atoms with Crippen LogP contribution in [0.4, 0.5) is 5.69 Å². The molecule has 1 unspecified atom stereocenters. The minimum Gasteiger partial charge on any atom is -0.344 e. The molecule has 1 aliphatic rings. The number of piperidine rings is 1. The smallest absolute Gasteiger partial charge is 0.227 e. The molecule has 2 rings (SSSR count). The van der Waals surface area contributed by atoms with Gasteiger partial charge in [0.25, 0.3) is 0 Å². The fourth-order valence-electron chi connectivity index (χ4n) is 3.01. The molecule has 1 aliphatic heterocycles. The van der Waals surface area contributed by atoms with Crippen molar-refractivity contribution in [2.24, 2.45) is 5.92 Å². The Bertz CT molecular complexity index is 792. The molecule has 7 nitrogen and oxygen atoms in total. The monoisotopic (exact) mass is 381 g/mol. The highest BCUT2D eigenvalue weighted by Crippen LogP contribution is 2.26. The van der Waals surface area contributed by atoms with E-state index in [4.69, 9.17) is 0 Å². The van der Waals surface area contributed by atoms with Crippen LogP contribution in [0.25, 0.3) is 0 Å². The second kappa shape index (κ2) is 8.18. The van der Waals surface area contributed by atoms with E-state index in [1.807, 2.05) is 32.0 Å². The zero-order valence-corrected chi connectivity index (χ0v) is 16.6. The number of carbonyl (C=O) groups excluding carboxylic acids is 2. The van der Waals surface area contributed by atoms with Crippen molar-refractivity contribution in [1.29, 1.82) is 0 Å². The lowest BCUT2D eigenvalue weighted by atomic mass is 9.95. The molecule has 1 atom stereocenters. The molecule has 0 aliphatic carbocycles. The van der Waals surface area contributed by atoms with Gasteiger partial charge < -0.3 is 9.80 Å². The van der Waals surface area contributed by atoms with Crippen LogP contribution < -0.4 is 9.62 Å². The first kappa shape index (κ1) is 20.4. The standard InChI is InChI=1S/C18H27N3O4S/c1-13-5-7-16(11-14(13)2)21-12-15(6-8-17(21)22)18(23)20(3)10-9-19-26(4,24)25/h5,7,11,15,19H,6,8-10,12H2,1-4H3. The maximum atomic E-state index is 12.7. The Balaban J connectivity index is 2.02. The number of rotatable bonds is 6. The molecule has 1 aromatic carbocycles. The summed E-state index contributed by atoms with van der Waals surface area (Å²) < 4.78 is 24.6. The third-order valence-corrected chi connectivity index (χ3v) is 5.48. The van der Waals surface area contributed by atoms with E-state index >= 15 is 0 Å². The zero-order valence-electron chi connectivity index (χ0n) is 15.8. The molecule has 2 amide bonds. The van der Waals surface area contributed by atoms with E-state index in [1.165, 1.54) is 4.90 Å². The fraction of sp³-hybridized carbons (Fsp3) is 0.556. The summed E-state index contributed by atoms with van der Waals surface area (Å²) in [6.45, 7) is 4.83. The number of benzene rings is 1. The lowest BCUT2D eigenvalue weighted by molar-refractivity contribution is -0.135. The van der Waals surface area contributed by atoms with Gasteiger partial charge in [0.05, 0.1) is 12.2 Å². The minimum atomic E-state index is -3.27. The van der Waals surface area contributed by atoms with Gasteiger partial charge in [-0.3, -0.25) is 9.59 Å². The summed E-state index contributed by atoms with van der Waals surface area (Å²) >= 11 is 0. The van der Waals surface area contributed by atoms with Gasteiger partial charge in [0, 0.05) is 38.8 Å². The summed E-state index contributed by atoms with van der Waals surface area (Å²) in [6, 6.07) is 5.86. The topological polar surface area (TPSA) is 86.8 Å². The van der Waals surface area contributed by atoms with Crippen LogP contribution in [-0.4, -0.2) is 58.1 Å². The number of sulfonamides is 1. The van der Waals surface area contributed by atoms with Crippen LogP contribution in [0, 0.1) is 19.8 Å². The molecule has 144 valence electrons. The number of hydrogen-bond acceptors (Lipinski definition) is 4. The third kappa shape index (κ3) is 5.28. The van der Waals surface area contributed by atoms with Gasteiger partial charge in [0.1, 0.15) is 0 Å². The van der Waals surface area contributed by atoms with E-state index in [0.29, 0.717) is 25.9 Å². The average molecular weight is 381 g/mol. The van der Waals surface area contributed by atoms with Crippen molar-refractivity contribution in [1.82, 2.24) is 9.62 Å². The lowest BCUT2D eigenvalue weighted by Gasteiger charge is -2.34. The fourth-order valence-corrected chi connectivity index (χ4v) is 3.47. The van der Waals surface area contributed by atoms with Gasteiger partial charge in [-0.15, -0.1) is 0 Å². The van der Waals surface area contributed by atoms with E-state index in [0.717, 1.165) is 23.1 Å². The Kier molecular flexibility index (Phi) is 6.41. The Morgan fingerprint density at radius 3 is 2.62 bits per heavy atom. The van der Waals surface area contributed by atoms with Crippen LogP contribution >= 0.6 is 0 Å². The number of nitrogens with one attached hydrogen (secondary N) is 1. The number of aryl methyl sites for hydroxylation is 2. The molecule has 0 saturated carbocycles. The molecule has 0 radical (unpaired) electrons. The summed E-state index contributed by atoms with van der Waals surface area (Å²) in [5.74, 6) is -0.321. The highest BCUT2D eigenvalue weighted by Gasteiger charge is 2.32. The maximum absolute atomic E-state index is 12.7. The van der Waals surface area contributed by atoms with Crippen LogP contribution in [0.1, 0.15) is 24.0 Å². The van der Waals surface area contributed by atoms with Crippen LogP contribution in [0.15, 0.2) is 18.2 Å². The lowest BCUT2D eigenvalue weighted by Crippen LogP contribution is -2.47. The highest BCUT2D eigenvalue weighted by molar-refractivity contribution is 7.88. The number of nitrogens with zero attached hydrogens (tertiary/aromatic N) is 2. The number of amides is 2. The van der Waals surface area contributed by atoms with Gasteiger partial charge in [-0.05, 0) is 43.5 Å². The van der Waals surface area contributed by atoms with Crippen LogP contribution in [-0.2, 0) is 19.6 Å². The summed E-state index contributed by atoms with van der Waals surface area (Å²) in [6.07, 6.45) is 1.94. The van der Waals surface area contributed by atoms with Gasteiger partial charge in [0.15, 0.2) is 0 Å². The molecule has 0 aromatic heterocycles. The average Bonchev–Trinajstić information content (AvgIpc) is 2.56. The SMILES string of the molecule is Cc1ccc(N2CC(C(=O)N(C)CCNS(C)(=O)=O)CCC2=O)cc1C. The quantitative estimate of drug-likeness (QED) is 0.798. The summed E-state index contributed by atoms with van der Waals surface area (Å²) in [7, 11) is -1.62. The number of likely N-dealkylation sites (N-methyl/N-ethyl adjacent to an activating group) is 1. The molecule has 1 heterocycles. The van der Waals surface area contributed by atoms with Gasteiger partial charge in [-0.2, -0.15) is 0 Å². The maximum Gasteiger partial charge on any atom is 0.227 e. The van der Waals surface area contributed by atoms with Crippen molar-refractivity contribution >= 4 is 27.5 Å². The van der Waals surface area contributed by atoms with Crippen LogP contribution in [0.5, 0.6) is 0 Å². The molecule has 1 aromatic rings.